The van der Waals surface area contributed by atoms with Crippen molar-refractivity contribution in [1.82, 2.24) is 10.6 Å². The van der Waals surface area contributed by atoms with Gasteiger partial charge in [0, 0.05) is 18.7 Å². The van der Waals surface area contributed by atoms with Gasteiger partial charge in [0.15, 0.2) is 0 Å². The zero-order valence-corrected chi connectivity index (χ0v) is 11.4. The van der Waals surface area contributed by atoms with Crippen LogP contribution in [0, 0.1) is 0 Å². The second kappa shape index (κ2) is 6.21. The molecule has 0 aromatic heterocycles. The van der Waals surface area contributed by atoms with Gasteiger partial charge in [0.05, 0.1) is 12.1 Å². The van der Waals surface area contributed by atoms with Gasteiger partial charge in [-0.2, -0.15) is 0 Å². The molecule has 0 aliphatic carbocycles. The lowest BCUT2D eigenvalue weighted by atomic mass is 10.1. The van der Waals surface area contributed by atoms with Crippen LogP contribution in [0.25, 0.3) is 0 Å². The second-order valence-corrected chi connectivity index (χ2v) is 5.59. The quantitative estimate of drug-likeness (QED) is 0.723. The first-order valence-electron chi connectivity index (χ1n) is 5.82. The van der Waals surface area contributed by atoms with E-state index in [-0.39, 0.29) is 17.0 Å². The molecular weight excluding hydrogens is 204 g/mol. The average Bonchev–Trinajstić information content (AvgIpc) is 1.99. The Morgan fingerprint density at radius 1 is 1.19 bits per heavy atom. The zero-order chi connectivity index (χ0) is 12.8. The third-order valence-electron chi connectivity index (χ3n) is 1.89. The largest absolute Gasteiger partial charge is 0.375 e. The van der Waals surface area contributed by atoms with E-state index in [1.54, 1.807) is 0 Å². The molecule has 0 bridgehead atoms. The van der Waals surface area contributed by atoms with Gasteiger partial charge in [0.1, 0.15) is 0 Å². The van der Waals surface area contributed by atoms with Gasteiger partial charge in [-0.1, -0.05) is 0 Å². The molecule has 2 N–H and O–H groups in total. The van der Waals surface area contributed by atoms with Crippen LogP contribution in [0.1, 0.15) is 41.5 Å². The van der Waals surface area contributed by atoms with Crippen molar-refractivity contribution < 1.29 is 9.53 Å². The third kappa shape index (κ3) is 8.68. The molecule has 96 valence electrons. The highest BCUT2D eigenvalue weighted by atomic mass is 16.5. The fourth-order valence-corrected chi connectivity index (χ4v) is 1.38. The molecule has 1 amide bonds. The monoisotopic (exact) mass is 230 g/mol. The molecule has 0 heterocycles. The Morgan fingerprint density at radius 2 is 1.75 bits per heavy atom. The van der Waals surface area contributed by atoms with Crippen molar-refractivity contribution in [2.45, 2.75) is 52.7 Å². The van der Waals surface area contributed by atoms with Gasteiger partial charge < -0.3 is 15.4 Å². The van der Waals surface area contributed by atoms with Gasteiger partial charge in [0.2, 0.25) is 5.91 Å². The van der Waals surface area contributed by atoms with Crippen molar-refractivity contribution in [2.75, 3.05) is 19.7 Å². The Labute approximate surface area is 99.1 Å². The molecule has 0 aromatic carbocycles. The minimum absolute atomic E-state index is 0.0137. The van der Waals surface area contributed by atoms with Gasteiger partial charge in [-0.3, -0.25) is 4.79 Å². The molecule has 0 radical (unpaired) electrons. The van der Waals surface area contributed by atoms with Crippen LogP contribution in [0.5, 0.6) is 0 Å². The number of hydrogen-bond donors (Lipinski definition) is 2. The van der Waals surface area contributed by atoms with E-state index in [0.29, 0.717) is 19.7 Å². The molecule has 0 fully saturated rings. The molecule has 4 nitrogen and oxygen atoms in total. The van der Waals surface area contributed by atoms with Crippen molar-refractivity contribution in [3.63, 3.8) is 0 Å². The van der Waals surface area contributed by atoms with E-state index < -0.39 is 0 Å². The second-order valence-electron chi connectivity index (χ2n) is 5.59. The highest BCUT2D eigenvalue weighted by Gasteiger charge is 2.18. The van der Waals surface area contributed by atoms with Crippen LogP contribution in [0.2, 0.25) is 0 Å². The van der Waals surface area contributed by atoms with E-state index in [4.69, 9.17) is 4.74 Å². The molecule has 16 heavy (non-hydrogen) atoms. The summed E-state index contributed by atoms with van der Waals surface area (Å²) >= 11 is 0. The summed E-state index contributed by atoms with van der Waals surface area (Å²) in [5, 5.41) is 5.99. The lowest BCUT2D eigenvalue weighted by Gasteiger charge is -2.25. The predicted octanol–water partition coefficient (Wildman–Crippen LogP) is 1.31. The highest BCUT2D eigenvalue weighted by molar-refractivity contribution is 5.78. The van der Waals surface area contributed by atoms with Crippen LogP contribution in [-0.4, -0.2) is 36.7 Å². The van der Waals surface area contributed by atoms with Gasteiger partial charge in [-0.15, -0.1) is 0 Å². The summed E-state index contributed by atoms with van der Waals surface area (Å²) in [6.07, 6.45) is 0. The summed E-state index contributed by atoms with van der Waals surface area (Å²) in [6.45, 7) is 13.6. The van der Waals surface area contributed by atoms with E-state index >= 15 is 0 Å². The zero-order valence-electron chi connectivity index (χ0n) is 11.4. The summed E-state index contributed by atoms with van der Waals surface area (Å²) in [7, 11) is 0. The topological polar surface area (TPSA) is 50.4 Å². The molecule has 0 unspecified atom stereocenters. The molecule has 4 heteroatoms. The van der Waals surface area contributed by atoms with Gasteiger partial charge in [0.25, 0.3) is 0 Å². The number of hydrogen-bond acceptors (Lipinski definition) is 3. The molecular formula is C12H26N2O2. The molecule has 0 rings (SSSR count). The lowest BCUT2D eigenvalue weighted by molar-refractivity contribution is -0.121. The summed E-state index contributed by atoms with van der Waals surface area (Å²) in [4.78, 5) is 11.5. The number of nitrogens with one attached hydrogen (secondary N) is 2. The molecule has 0 saturated heterocycles. The number of amides is 1. The summed E-state index contributed by atoms with van der Waals surface area (Å²) in [6, 6.07) is 0. The van der Waals surface area contributed by atoms with Crippen molar-refractivity contribution >= 4 is 5.91 Å². The van der Waals surface area contributed by atoms with Crippen LogP contribution in [0.4, 0.5) is 0 Å². The van der Waals surface area contributed by atoms with Crippen molar-refractivity contribution in [1.29, 1.82) is 0 Å². The van der Waals surface area contributed by atoms with E-state index in [2.05, 4.69) is 10.6 Å². The maximum atomic E-state index is 11.5. The van der Waals surface area contributed by atoms with E-state index in [1.807, 2.05) is 41.5 Å². The van der Waals surface area contributed by atoms with Crippen LogP contribution < -0.4 is 10.6 Å². The standard InChI is InChI=1S/C12H26N2O2/c1-7-16-12(5,6)9-13-8-10(15)14-11(2,3)4/h13H,7-9H2,1-6H3,(H,14,15). The Bertz CT molecular complexity index is 220. The number of carbonyl (C=O) groups is 1. The van der Waals surface area contributed by atoms with E-state index in [1.165, 1.54) is 0 Å². The van der Waals surface area contributed by atoms with Crippen molar-refractivity contribution in [2.24, 2.45) is 0 Å². The average molecular weight is 230 g/mol. The van der Waals surface area contributed by atoms with Crippen LogP contribution in [-0.2, 0) is 9.53 Å². The summed E-state index contributed by atoms with van der Waals surface area (Å²) in [5.41, 5.74) is -0.398. The highest BCUT2D eigenvalue weighted by Crippen LogP contribution is 2.06. The first kappa shape index (κ1) is 15.4. The Morgan fingerprint density at radius 3 is 2.19 bits per heavy atom. The fourth-order valence-electron chi connectivity index (χ4n) is 1.38. The minimum Gasteiger partial charge on any atom is -0.375 e. The molecule has 0 spiro atoms. The number of ether oxygens (including phenoxy) is 1. The molecule has 0 saturated carbocycles. The van der Waals surface area contributed by atoms with E-state index in [0.717, 1.165) is 0 Å². The first-order valence-corrected chi connectivity index (χ1v) is 5.82. The Kier molecular flexibility index (Phi) is 5.97. The predicted molar refractivity (Wildman–Crippen MR) is 66.5 cm³/mol. The Hall–Kier alpha value is -0.610. The van der Waals surface area contributed by atoms with E-state index in [9.17, 15) is 4.79 Å². The molecule has 0 aliphatic rings. The van der Waals surface area contributed by atoms with Crippen molar-refractivity contribution in [3.8, 4) is 0 Å². The van der Waals surface area contributed by atoms with Crippen LogP contribution in [0.3, 0.4) is 0 Å². The SMILES string of the molecule is CCOC(C)(C)CNCC(=O)NC(C)(C)C. The molecule has 0 atom stereocenters. The maximum absolute atomic E-state index is 11.5. The smallest absolute Gasteiger partial charge is 0.234 e. The van der Waals surface area contributed by atoms with Crippen molar-refractivity contribution in [3.05, 3.63) is 0 Å². The van der Waals surface area contributed by atoms with Gasteiger partial charge in [-0.25, -0.2) is 0 Å². The summed E-state index contributed by atoms with van der Waals surface area (Å²) < 4.78 is 5.52. The summed E-state index contributed by atoms with van der Waals surface area (Å²) in [5.74, 6) is 0.0137. The van der Waals surface area contributed by atoms with Crippen LogP contribution >= 0.6 is 0 Å². The van der Waals surface area contributed by atoms with Gasteiger partial charge in [-0.05, 0) is 41.5 Å². The Balaban J connectivity index is 3.78. The first-order chi connectivity index (χ1) is 7.16. The minimum atomic E-state index is -0.225. The van der Waals surface area contributed by atoms with Gasteiger partial charge >= 0.3 is 0 Å². The lowest BCUT2D eigenvalue weighted by Crippen LogP contribution is -2.47. The maximum Gasteiger partial charge on any atom is 0.234 e. The fraction of sp³-hybridized carbons (Fsp3) is 0.917. The normalized spacial score (nSPS) is 12.6. The number of rotatable bonds is 6. The molecule has 0 aromatic rings. The molecule has 0 aliphatic heterocycles. The number of carbonyl (C=O) groups excluding carboxylic acids is 1. The van der Waals surface area contributed by atoms with Crippen LogP contribution in [0.15, 0.2) is 0 Å². The third-order valence-corrected chi connectivity index (χ3v) is 1.89.